The van der Waals surface area contributed by atoms with Crippen LogP contribution in [-0.2, 0) is 27.1 Å². The molecule has 3 atom stereocenters. The smallest absolute Gasteiger partial charge is 0.325 e. The first-order valence-corrected chi connectivity index (χ1v) is 14.6. The highest BCUT2D eigenvalue weighted by Crippen LogP contribution is 2.54. The lowest BCUT2D eigenvalue weighted by Gasteiger charge is -2.30. The Labute approximate surface area is 246 Å². The Morgan fingerprint density at radius 3 is 2.36 bits per heavy atom. The predicted molar refractivity (Wildman–Crippen MR) is 154 cm³/mol. The molecular weight excluding hydrogens is 587 g/mol. The summed E-state index contributed by atoms with van der Waals surface area (Å²) in [5.74, 6) is -3.85. The number of alkyl halides is 3. The number of thioether (sulfide) groups is 1. The van der Waals surface area contributed by atoms with Crippen LogP contribution >= 0.6 is 23.1 Å². The highest BCUT2D eigenvalue weighted by Gasteiger charge is 2.57. The van der Waals surface area contributed by atoms with Crippen molar-refractivity contribution >= 4 is 52.2 Å². The fourth-order valence-electron chi connectivity index (χ4n) is 5.49. The molecule has 12 heteroatoms. The van der Waals surface area contributed by atoms with Gasteiger partial charge in [-0.25, -0.2) is 4.90 Å². The molecule has 2 aliphatic rings. The van der Waals surface area contributed by atoms with Gasteiger partial charge in [-0.1, -0.05) is 77.7 Å². The van der Waals surface area contributed by atoms with Crippen molar-refractivity contribution in [3.05, 3.63) is 110 Å². The number of imide groups is 1. The Balaban J connectivity index is 1.42. The lowest BCUT2D eigenvalue weighted by molar-refractivity contribution is -0.137. The first-order chi connectivity index (χ1) is 20.0. The van der Waals surface area contributed by atoms with Gasteiger partial charge in [-0.05, 0) is 42.3 Å². The largest absolute Gasteiger partial charge is 0.418 e. The molecule has 1 N–H and O–H groups in total. The van der Waals surface area contributed by atoms with E-state index in [2.05, 4.69) is 5.32 Å². The van der Waals surface area contributed by atoms with Crippen molar-refractivity contribution in [1.82, 2.24) is 4.57 Å². The van der Waals surface area contributed by atoms with Gasteiger partial charge in [0, 0.05) is 16.5 Å². The number of amides is 3. The van der Waals surface area contributed by atoms with Crippen molar-refractivity contribution < 1.29 is 27.6 Å². The number of carbonyl (C=O) groups is 3. The maximum atomic E-state index is 13.9. The third-order valence-corrected chi connectivity index (χ3v) is 9.87. The molecule has 3 aromatic carbocycles. The quantitative estimate of drug-likeness (QED) is 0.295. The zero-order valence-electron chi connectivity index (χ0n) is 21.9. The molecule has 214 valence electrons. The van der Waals surface area contributed by atoms with Gasteiger partial charge in [-0.2, -0.15) is 13.2 Å². The summed E-state index contributed by atoms with van der Waals surface area (Å²) in [6.07, 6.45) is -4.79. The number of nitrogens with one attached hydrogen (secondary N) is 1. The first kappa shape index (κ1) is 28.0. The Hall–Kier alpha value is -4.16. The number of rotatable bonds is 5. The van der Waals surface area contributed by atoms with Crippen molar-refractivity contribution in [2.45, 2.75) is 35.8 Å². The Morgan fingerprint density at radius 1 is 0.929 bits per heavy atom. The van der Waals surface area contributed by atoms with Gasteiger partial charge in [0.2, 0.25) is 17.7 Å². The molecule has 3 heterocycles. The second kappa shape index (κ2) is 10.6. The summed E-state index contributed by atoms with van der Waals surface area (Å²) in [7, 11) is 0. The number of benzene rings is 3. The summed E-state index contributed by atoms with van der Waals surface area (Å²) in [4.78, 5) is 54.6. The number of fused-ring (bicyclic) bond motifs is 2. The molecule has 42 heavy (non-hydrogen) atoms. The van der Waals surface area contributed by atoms with Crippen molar-refractivity contribution in [2.75, 3.05) is 10.2 Å². The fraction of sp³-hybridized carbons (Fsp3) is 0.200. The van der Waals surface area contributed by atoms with Crippen LogP contribution in [0.2, 0.25) is 0 Å². The van der Waals surface area contributed by atoms with Gasteiger partial charge in [0.25, 0.3) is 0 Å². The van der Waals surface area contributed by atoms with E-state index in [4.69, 9.17) is 0 Å². The summed E-state index contributed by atoms with van der Waals surface area (Å²) < 4.78 is 43.0. The second-order valence-electron chi connectivity index (χ2n) is 10.0. The number of anilines is 2. The highest BCUT2D eigenvalue weighted by atomic mass is 32.2. The molecule has 6 rings (SSSR count). The summed E-state index contributed by atoms with van der Waals surface area (Å²) >= 11 is 1.82. The van der Waals surface area contributed by atoms with Crippen LogP contribution in [0.1, 0.15) is 27.5 Å². The third kappa shape index (κ3) is 4.84. The molecule has 1 fully saturated rings. The van der Waals surface area contributed by atoms with E-state index in [9.17, 15) is 32.3 Å². The number of hydrogen-bond acceptors (Lipinski definition) is 6. The number of para-hydroxylation sites is 1. The van der Waals surface area contributed by atoms with E-state index in [1.54, 1.807) is 48.5 Å². The normalized spacial score (nSPS) is 19.9. The molecule has 1 aromatic heterocycles. The highest BCUT2D eigenvalue weighted by molar-refractivity contribution is 8.00. The number of nitrogens with zero attached hydrogens (tertiary/aromatic N) is 2. The van der Waals surface area contributed by atoms with E-state index in [1.165, 1.54) is 16.7 Å². The van der Waals surface area contributed by atoms with Crippen LogP contribution in [-0.4, -0.2) is 27.5 Å². The van der Waals surface area contributed by atoms with Crippen LogP contribution in [0.15, 0.2) is 88.7 Å². The minimum absolute atomic E-state index is 0.340. The average Bonchev–Trinajstić information content (AvgIpc) is 3.39. The first-order valence-electron chi connectivity index (χ1n) is 12.9. The van der Waals surface area contributed by atoms with Crippen LogP contribution in [0.3, 0.4) is 0 Å². The number of carbonyl (C=O) groups excluding carboxylic acids is 3. The molecule has 0 spiro atoms. The van der Waals surface area contributed by atoms with Crippen LogP contribution in [0.25, 0.3) is 0 Å². The summed E-state index contributed by atoms with van der Waals surface area (Å²) in [6, 6.07) is 20.4. The van der Waals surface area contributed by atoms with Crippen LogP contribution < -0.4 is 15.1 Å². The minimum atomic E-state index is -4.79. The monoisotopic (exact) mass is 609 g/mol. The number of thiazole rings is 1. The van der Waals surface area contributed by atoms with Crippen molar-refractivity contribution in [1.29, 1.82) is 0 Å². The van der Waals surface area contributed by atoms with Gasteiger partial charge in [0.15, 0.2) is 0 Å². The second-order valence-corrected chi connectivity index (χ2v) is 12.1. The Morgan fingerprint density at radius 2 is 1.64 bits per heavy atom. The van der Waals surface area contributed by atoms with Gasteiger partial charge in [-0.15, -0.1) is 0 Å². The molecule has 0 bridgehead atoms. The Kier molecular flexibility index (Phi) is 7.06. The van der Waals surface area contributed by atoms with E-state index in [0.29, 0.717) is 26.1 Å². The van der Waals surface area contributed by atoms with Crippen molar-refractivity contribution in [3.63, 3.8) is 0 Å². The van der Waals surface area contributed by atoms with Gasteiger partial charge >= 0.3 is 11.0 Å². The molecule has 0 radical (unpaired) electrons. The fourth-order valence-corrected chi connectivity index (χ4v) is 8.26. The molecule has 2 aliphatic heterocycles. The minimum Gasteiger partial charge on any atom is -0.325 e. The average molecular weight is 610 g/mol. The summed E-state index contributed by atoms with van der Waals surface area (Å²) in [5, 5.41) is 2.02. The molecule has 0 unspecified atom stereocenters. The van der Waals surface area contributed by atoms with Crippen molar-refractivity contribution in [3.8, 4) is 0 Å². The molecule has 0 aliphatic carbocycles. The van der Waals surface area contributed by atoms with Gasteiger partial charge < -0.3 is 5.32 Å². The standard InChI is InChI=1S/C30H22F3N3O4S2/c1-16-8-7-11-18(14-16)34-21(37)15-35-28-25(42-29(35)40)22(17-9-3-2-4-10-17)23-24(41-28)27(39)36(26(23)38)20-13-6-5-12-19(20)30(31,32)33/h2-14,22-24H,15H2,1H3,(H,34,37)/t22-,23-,24+/m0/s1. The van der Waals surface area contributed by atoms with E-state index in [-0.39, 0.29) is 6.54 Å². The molecule has 7 nitrogen and oxygen atoms in total. The number of aromatic nitrogens is 1. The van der Waals surface area contributed by atoms with Crippen LogP contribution in [0.4, 0.5) is 24.5 Å². The lowest BCUT2D eigenvalue weighted by Crippen LogP contribution is -2.33. The van der Waals surface area contributed by atoms with E-state index < -0.39 is 57.1 Å². The topological polar surface area (TPSA) is 88.5 Å². The number of hydrogen-bond donors (Lipinski definition) is 1. The number of aryl methyl sites for hydroxylation is 1. The molecule has 3 amide bonds. The predicted octanol–water partition coefficient (Wildman–Crippen LogP) is 5.67. The maximum absolute atomic E-state index is 13.9. The summed E-state index contributed by atoms with van der Waals surface area (Å²) in [6.45, 7) is 1.54. The zero-order valence-corrected chi connectivity index (χ0v) is 23.6. The third-order valence-electron chi connectivity index (χ3n) is 7.26. The van der Waals surface area contributed by atoms with Gasteiger partial charge in [-0.3, -0.25) is 23.7 Å². The number of halogens is 3. The molecule has 0 saturated carbocycles. The van der Waals surface area contributed by atoms with Gasteiger partial charge in [0.05, 0.1) is 22.2 Å². The molecule has 4 aromatic rings. The molecular formula is C30H22F3N3O4S2. The van der Waals surface area contributed by atoms with E-state index in [1.807, 2.05) is 13.0 Å². The van der Waals surface area contributed by atoms with Crippen molar-refractivity contribution in [2.24, 2.45) is 5.92 Å². The van der Waals surface area contributed by atoms with Crippen LogP contribution in [0, 0.1) is 12.8 Å². The maximum Gasteiger partial charge on any atom is 0.418 e. The lowest BCUT2D eigenvalue weighted by atomic mass is 9.83. The zero-order chi connectivity index (χ0) is 29.8. The van der Waals surface area contributed by atoms with E-state index in [0.717, 1.165) is 40.8 Å². The molecule has 1 saturated heterocycles. The van der Waals surface area contributed by atoms with Gasteiger partial charge in [0.1, 0.15) is 11.8 Å². The SMILES string of the molecule is Cc1cccc(NC(=O)Cn2c3c(sc2=O)[C@@H](c2ccccc2)[C@@H]2C(=O)N(c4ccccc4C(F)(F)F)C(=O)[C@@H]2S3)c1. The Bertz CT molecular complexity index is 1780. The van der Waals surface area contributed by atoms with Crippen LogP contribution in [0.5, 0.6) is 0 Å². The summed E-state index contributed by atoms with van der Waals surface area (Å²) in [5.41, 5.74) is 0.513. The van der Waals surface area contributed by atoms with E-state index >= 15 is 0 Å².